The monoisotopic (exact) mass is 352 g/mol. The number of ketones is 1. The number of hydrogen-bond acceptors (Lipinski definition) is 2. The Bertz CT molecular complexity index is 742. The van der Waals surface area contributed by atoms with E-state index in [-0.39, 0.29) is 5.78 Å². The number of carbonyl (C=O) groups is 1. The van der Waals surface area contributed by atoms with E-state index in [9.17, 15) is 4.79 Å². The van der Waals surface area contributed by atoms with Gasteiger partial charge < -0.3 is 10.3 Å². The largest absolute Gasteiger partial charge is 0.345 e. The van der Waals surface area contributed by atoms with Gasteiger partial charge in [0.15, 0.2) is 5.78 Å². The first kappa shape index (κ1) is 18.9. The standard InChI is InChI=1S/C23H32N2O/c1-16(2)18-9-7-17(8-10-18)5-4-6-23(26)22-14-13-21(25(22)3)19-11-12-20(24)15-19/h7-10,13-14,16,19-20H,4-6,11-12,15,24H2,1-3H3/t19-,20?/m0/s1. The third-order valence-corrected chi connectivity index (χ3v) is 5.85. The normalized spacial score (nSPS) is 20.0. The third kappa shape index (κ3) is 4.27. The van der Waals surface area contributed by atoms with Gasteiger partial charge in [0.1, 0.15) is 0 Å². The van der Waals surface area contributed by atoms with Crippen molar-refractivity contribution in [2.75, 3.05) is 0 Å². The summed E-state index contributed by atoms with van der Waals surface area (Å²) in [5.74, 6) is 1.32. The highest BCUT2D eigenvalue weighted by Crippen LogP contribution is 2.34. The third-order valence-electron chi connectivity index (χ3n) is 5.85. The quantitative estimate of drug-likeness (QED) is 0.717. The molecule has 1 fully saturated rings. The van der Waals surface area contributed by atoms with E-state index in [0.29, 0.717) is 24.3 Å². The lowest BCUT2D eigenvalue weighted by atomic mass is 9.99. The first-order valence-corrected chi connectivity index (χ1v) is 9.99. The maximum Gasteiger partial charge on any atom is 0.179 e. The van der Waals surface area contributed by atoms with Gasteiger partial charge in [0.05, 0.1) is 5.69 Å². The molecule has 1 saturated carbocycles. The number of nitrogens with zero attached hydrogens (tertiary/aromatic N) is 1. The van der Waals surface area contributed by atoms with E-state index in [1.165, 1.54) is 16.8 Å². The molecule has 1 aromatic heterocycles. The van der Waals surface area contributed by atoms with Crippen molar-refractivity contribution in [2.45, 2.75) is 70.3 Å². The molecule has 26 heavy (non-hydrogen) atoms. The van der Waals surface area contributed by atoms with Crippen molar-refractivity contribution in [1.29, 1.82) is 0 Å². The molecule has 140 valence electrons. The molecule has 0 aliphatic heterocycles. The molecule has 2 N–H and O–H groups in total. The van der Waals surface area contributed by atoms with Gasteiger partial charge in [-0.3, -0.25) is 4.79 Å². The summed E-state index contributed by atoms with van der Waals surface area (Å²) in [7, 11) is 2.02. The fraction of sp³-hybridized carbons (Fsp3) is 0.522. The summed E-state index contributed by atoms with van der Waals surface area (Å²) in [5.41, 5.74) is 10.8. The van der Waals surface area contributed by atoms with Crippen molar-refractivity contribution in [1.82, 2.24) is 4.57 Å². The van der Waals surface area contributed by atoms with E-state index in [4.69, 9.17) is 5.73 Å². The van der Waals surface area contributed by atoms with Crippen LogP contribution < -0.4 is 5.73 Å². The maximum atomic E-state index is 12.6. The molecule has 0 bridgehead atoms. The Kier molecular flexibility index (Phi) is 5.98. The molecule has 2 aromatic rings. The van der Waals surface area contributed by atoms with E-state index in [1.807, 2.05) is 13.1 Å². The molecule has 2 atom stereocenters. The zero-order chi connectivity index (χ0) is 18.7. The molecule has 1 heterocycles. The molecule has 1 aliphatic carbocycles. The van der Waals surface area contributed by atoms with E-state index in [1.54, 1.807) is 0 Å². The minimum Gasteiger partial charge on any atom is -0.345 e. The number of aromatic nitrogens is 1. The average molecular weight is 353 g/mol. The van der Waals surface area contributed by atoms with Crippen LogP contribution in [0.4, 0.5) is 0 Å². The number of hydrogen-bond donors (Lipinski definition) is 1. The smallest absolute Gasteiger partial charge is 0.179 e. The molecule has 0 amide bonds. The molecule has 0 radical (unpaired) electrons. The molecular formula is C23H32N2O. The van der Waals surface area contributed by atoms with Crippen LogP contribution in [-0.2, 0) is 13.5 Å². The van der Waals surface area contributed by atoms with Crippen molar-refractivity contribution in [3.63, 3.8) is 0 Å². The van der Waals surface area contributed by atoms with Gasteiger partial charge in [-0.25, -0.2) is 0 Å². The van der Waals surface area contributed by atoms with Crippen LogP contribution in [0, 0.1) is 0 Å². The molecule has 3 nitrogen and oxygen atoms in total. The van der Waals surface area contributed by atoms with Crippen LogP contribution in [0.2, 0.25) is 0 Å². The molecule has 0 saturated heterocycles. The first-order valence-electron chi connectivity index (χ1n) is 9.99. The van der Waals surface area contributed by atoms with Crippen LogP contribution in [-0.4, -0.2) is 16.4 Å². The number of carbonyl (C=O) groups excluding carboxylic acids is 1. The van der Waals surface area contributed by atoms with Gasteiger partial charge in [-0.1, -0.05) is 38.1 Å². The molecule has 3 rings (SSSR count). The topological polar surface area (TPSA) is 48.0 Å². The van der Waals surface area contributed by atoms with Crippen LogP contribution in [0.25, 0.3) is 0 Å². The lowest BCUT2D eigenvalue weighted by Gasteiger charge is -2.13. The summed E-state index contributed by atoms with van der Waals surface area (Å²) in [5, 5.41) is 0. The SMILES string of the molecule is CC(C)c1ccc(CCCC(=O)c2ccc([C@H]3CCC(N)C3)n2C)cc1. The van der Waals surface area contributed by atoms with Gasteiger partial charge in [0.25, 0.3) is 0 Å². The Balaban J connectivity index is 1.54. The minimum atomic E-state index is 0.250. The molecule has 0 spiro atoms. The summed E-state index contributed by atoms with van der Waals surface area (Å²) in [4.78, 5) is 12.6. The lowest BCUT2D eigenvalue weighted by Crippen LogP contribution is -2.15. The van der Waals surface area contributed by atoms with Gasteiger partial charge in [0, 0.05) is 31.1 Å². The predicted octanol–water partition coefficient (Wildman–Crippen LogP) is 4.95. The van der Waals surface area contributed by atoms with E-state index in [0.717, 1.165) is 37.8 Å². The molecule has 1 aromatic carbocycles. The second-order valence-electron chi connectivity index (χ2n) is 8.15. The second kappa shape index (κ2) is 8.22. The van der Waals surface area contributed by atoms with E-state index >= 15 is 0 Å². The molecule has 1 aliphatic rings. The van der Waals surface area contributed by atoms with Gasteiger partial charge in [-0.2, -0.15) is 0 Å². The summed E-state index contributed by atoms with van der Waals surface area (Å²) in [6, 6.07) is 13.2. The van der Waals surface area contributed by atoms with Crippen LogP contribution in [0.1, 0.15) is 85.1 Å². The minimum absolute atomic E-state index is 0.250. The summed E-state index contributed by atoms with van der Waals surface area (Å²) >= 11 is 0. The van der Waals surface area contributed by atoms with Gasteiger partial charge in [-0.05, 0) is 61.3 Å². The number of Topliss-reactive ketones (excluding diaryl/α,β-unsaturated/α-hetero) is 1. The predicted molar refractivity (Wildman–Crippen MR) is 108 cm³/mol. The summed E-state index contributed by atoms with van der Waals surface area (Å²) in [6.45, 7) is 4.42. The zero-order valence-electron chi connectivity index (χ0n) is 16.4. The van der Waals surface area contributed by atoms with E-state index < -0.39 is 0 Å². The highest BCUT2D eigenvalue weighted by Gasteiger charge is 2.26. The fourth-order valence-corrected chi connectivity index (χ4v) is 4.15. The van der Waals surface area contributed by atoms with Gasteiger partial charge in [-0.15, -0.1) is 0 Å². The van der Waals surface area contributed by atoms with Crippen LogP contribution in [0.3, 0.4) is 0 Å². The Labute approximate surface area is 157 Å². The van der Waals surface area contributed by atoms with Crippen molar-refractivity contribution in [2.24, 2.45) is 12.8 Å². The number of benzene rings is 1. The van der Waals surface area contributed by atoms with Crippen molar-refractivity contribution in [3.8, 4) is 0 Å². The van der Waals surface area contributed by atoms with Crippen molar-refractivity contribution in [3.05, 3.63) is 58.9 Å². The highest BCUT2D eigenvalue weighted by molar-refractivity contribution is 5.94. The first-order chi connectivity index (χ1) is 12.5. The Hall–Kier alpha value is -1.87. The number of rotatable bonds is 7. The van der Waals surface area contributed by atoms with Crippen LogP contribution in [0.5, 0.6) is 0 Å². The number of aryl methyl sites for hydroxylation is 1. The fourth-order valence-electron chi connectivity index (χ4n) is 4.15. The molecule has 3 heteroatoms. The summed E-state index contributed by atoms with van der Waals surface area (Å²) in [6.07, 6.45) is 5.73. The second-order valence-corrected chi connectivity index (χ2v) is 8.15. The Morgan fingerprint density at radius 3 is 2.50 bits per heavy atom. The Morgan fingerprint density at radius 1 is 1.15 bits per heavy atom. The van der Waals surface area contributed by atoms with Crippen LogP contribution in [0.15, 0.2) is 36.4 Å². The zero-order valence-corrected chi connectivity index (χ0v) is 16.4. The van der Waals surface area contributed by atoms with Crippen molar-refractivity contribution >= 4 is 5.78 Å². The lowest BCUT2D eigenvalue weighted by molar-refractivity contribution is 0.0972. The number of nitrogens with two attached hydrogens (primary N) is 1. The van der Waals surface area contributed by atoms with Gasteiger partial charge in [0.2, 0.25) is 0 Å². The average Bonchev–Trinajstić information content (AvgIpc) is 3.20. The van der Waals surface area contributed by atoms with Crippen molar-refractivity contribution < 1.29 is 4.79 Å². The van der Waals surface area contributed by atoms with Gasteiger partial charge >= 0.3 is 0 Å². The molecule has 1 unspecified atom stereocenters. The maximum absolute atomic E-state index is 12.6. The van der Waals surface area contributed by atoms with E-state index in [2.05, 4.69) is 48.7 Å². The highest BCUT2D eigenvalue weighted by atomic mass is 16.1. The molecular weight excluding hydrogens is 320 g/mol. The summed E-state index contributed by atoms with van der Waals surface area (Å²) < 4.78 is 2.10. The Morgan fingerprint density at radius 2 is 1.88 bits per heavy atom. The van der Waals surface area contributed by atoms with Crippen LogP contribution >= 0.6 is 0 Å².